The quantitative estimate of drug-likeness (QED) is 0.834. The third-order valence-corrected chi connectivity index (χ3v) is 8.71. The summed E-state index contributed by atoms with van der Waals surface area (Å²) in [7, 11) is 0. The number of Topliss-reactive ketones (excluding diaryl/α,β-unsaturated/α-hetero) is 3. The highest BCUT2D eigenvalue weighted by Gasteiger charge is 2.63. The van der Waals surface area contributed by atoms with Crippen molar-refractivity contribution in [3.63, 3.8) is 0 Å². The van der Waals surface area contributed by atoms with E-state index in [1.807, 2.05) is 0 Å². The average Bonchev–Trinajstić information content (AvgIpc) is 2.91. The van der Waals surface area contributed by atoms with E-state index in [1.54, 1.807) is 0 Å². The predicted octanol–water partition coefficient (Wildman–Crippen LogP) is 2.95. The first-order chi connectivity index (χ1) is 11.8. The molecule has 4 nitrogen and oxygen atoms in total. The molecular formula is C21H30O4. The average molecular weight is 346 g/mol. The number of carbonyl (C=O) groups is 3. The van der Waals surface area contributed by atoms with Gasteiger partial charge in [0.15, 0.2) is 5.78 Å². The molecule has 138 valence electrons. The van der Waals surface area contributed by atoms with Crippen molar-refractivity contribution >= 4 is 17.3 Å². The maximum Gasteiger partial charge on any atom is 0.161 e. The van der Waals surface area contributed by atoms with Gasteiger partial charge in [0, 0.05) is 31.1 Å². The second kappa shape index (κ2) is 5.73. The van der Waals surface area contributed by atoms with Crippen LogP contribution in [-0.4, -0.2) is 29.1 Å². The van der Waals surface area contributed by atoms with Gasteiger partial charge in [-0.05, 0) is 60.7 Å². The van der Waals surface area contributed by atoms with Crippen LogP contribution in [-0.2, 0) is 14.4 Å². The Morgan fingerprint density at radius 2 is 1.88 bits per heavy atom. The molecule has 0 spiro atoms. The predicted molar refractivity (Wildman–Crippen MR) is 92.7 cm³/mol. The molecule has 0 aliphatic heterocycles. The van der Waals surface area contributed by atoms with E-state index in [9.17, 15) is 19.5 Å². The lowest BCUT2D eigenvalue weighted by molar-refractivity contribution is -0.161. The number of carbonyl (C=O) groups excluding carboxylic acids is 3. The van der Waals surface area contributed by atoms with Gasteiger partial charge in [-0.3, -0.25) is 14.4 Å². The maximum atomic E-state index is 13.3. The standard InChI is InChI=1S/C21H30O4/c1-20-8-7-13(23)9-12(20)3-4-14-15-5-6-16(18(25)11-22)21(15,2)10-17(24)19(14)20/h12,14-16,19,22H,3-11H2,1-2H3/t12-,14+,15+,16-,19+,20+,21+/m1/s1. The molecule has 4 aliphatic rings. The summed E-state index contributed by atoms with van der Waals surface area (Å²) >= 11 is 0. The van der Waals surface area contributed by atoms with Crippen molar-refractivity contribution < 1.29 is 19.5 Å². The first kappa shape index (κ1) is 17.4. The Kier molecular flexibility index (Phi) is 3.99. The Morgan fingerprint density at radius 3 is 2.60 bits per heavy atom. The topological polar surface area (TPSA) is 71.4 Å². The largest absolute Gasteiger partial charge is 0.389 e. The Balaban J connectivity index is 1.67. The molecule has 4 rings (SSSR count). The van der Waals surface area contributed by atoms with Crippen LogP contribution < -0.4 is 0 Å². The van der Waals surface area contributed by atoms with Gasteiger partial charge in [-0.2, -0.15) is 0 Å². The van der Waals surface area contributed by atoms with Gasteiger partial charge >= 0.3 is 0 Å². The Bertz CT molecular complexity index is 625. The molecule has 0 bridgehead atoms. The van der Waals surface area contributed by atoms with Gasteiger partial charge < -0.3 is 5.11 Å². The third kappa shape index (κ3) is 2.32. The third-order valence-electron chi connectivity index (χ3n) is 8.71. The molecular weight excluding hydrogens is 316 g/mol. The fraction of sp³-hybridized carbons (Fsp3) is 0.857. The molecule has 0 radical (unpaired) electrons. The van der Waals surface area contributed by atoms with Crippen molar-refractivity contribution in [2.24, 2.45) is 40.4 Å². The van der Waals surface area contributed by atoms with Crippen LogP contribution in [0.3, 0.4) is 0 Å². The van der Waals surface area contributed by atoms with E-state index in [2.05, 4.69) is 13.8 Å². The van der Waals surface area contributed by atoms with E-state index >= 15 is 0 Å². The lowest BCUT2D eigenvalue weighted by atomic mass is 9.44. The zero-order valence-corrected chi connectivity index (χ0v) is 15.4. The smallest absolute Gasteiger partial charge is 0.161 e. The van der Waals surface area contributed by atoms with Crippen LogP contribution in [0.2, 0.25) is 0 Å². The van der Waals surface area contributed by atoms with Gasteiger partial charge in [-0.25, -0.2) is 0 Å². The van der Waals surface area contributed by atoms with Crippen molar-refractivity contribution in [3.05, 3.63) is 0 Å². The van der Waals surface area contributed by atoms with Crippen molar-refractivity contribution in [2.45, 2.75) is 65.2 Å². The summed E-state index contributed by atoms with van der Waals surface area (Å²) in [6, 6.07) is 0. The van der Waals surface area contributed by atoms with Gasteiger partial charge in [0.25, 0.3) is 0 Å². The summed E-state index contributed by atoms with van der Waals surface area (Å²) in [6.45, 7) is 3.97. The number of hydrogen-bond donors (Lipinski definition) is 1. The molecule has 0 heterocycles. The van der Waals surface area contributed by atoms with Crippen LogP contribution in [0, 0.1) is 40.4 Å². The van der Waals surface area contributed by atoms with Crippen LogP contribution in [0.1, 0.15) is 65.2 Å². The molecule has 4 fully saturated rings. The fourth-order valence-electron chi connectivity index (χ4n) is 7.50. The van der Waals surface area contributed by atoms with Crippen LogP contribution in [0.25, 0.3) is 0 Å². The molecule has 0 unspecified atom stereocenters. The fourth-order valence-corrected chi connectivity index (χ4v) is 7.50. The van der Waals surface area contributed by atoms with Gasteiger partial charge in [0.2, 0.25) is 0 Å². The van der Waals surface area contributed by atoms with Crippen molar-refractivity contribution in [2.75, 3.05) is 6.61 Å². The van der Waals surface area contributed by atoms with E-state index in [0.29, 0.717) is 48.6 Å². The molecule has 0 saturated heterocycles. The van der Waals surface area contributed by atoms with Crippen LogP contribution >= 0.6 is 0 Å². The second-order valence-electron chi connectivity index (χ2n) is 9.67. The Morgan fingerprint density at radius 1 is 1.12 bits per heavy atom. The lowest BCUT2D eigenvalue weighted by Gasteiger charge is -2.59. The normalized spacial score (nSPS) is 49.3. The minimum absolute atomic E-state index is 0.0334. The summed E-state index contributed by atoms with van der Waals surface area (Å²) < 4.78 is 0. The van der Waals surface area contributed by atoms with Crippen molar-refractivity contribution in [3.8, 4) is 0 Å². The SMILES string of the molecule is C[C@]12CCC(=O)C[C@H]1CC[C@@H]1[C@H]2C(=O)C[C@]2(C)[C@@H](C(=O)CO)CC[C@@H]12. The monoisotopic (exact) mass is 346 g/mol. The minimum Gasteiger partial charge on any atom is -0.389 e. The van der Waals surface area contributed by atoms with E-state index in [-0.39, 0.29) is 28.4 Å². The summed E-state index contributed by atoms with van der Waals surface area (Å²) in [5.74, 6) is 1.64. The van der Waals surface area contributed by atoms with Gasteiger partial charge in [-0.15, -0.1) is 0 Å². The number of rotatable bonds is 2. The summed E-state index contributed by atoms with van der Waals surface area (Å²) in [5.41, 5.74) is -0.305. The summed E-state index contributed by atoms with van der Waals surface area (Å²) in [4.78, 5) is 37.5. The highest BCUT2D eigenvalue weighted by Crippen LogP contribution is 2.66. The Hall–Kier alpha value is -1.03. The zero-order valence-electron chi connectivity index (χ0n) is 15.4. The second-order valence-corrected chi connectivity index (χ2v) is 9.67. The van der Waals surface area contributed by atoms with Crippen molar-refractivity contribution in [1.29, 1.82) is 0 Å². The molecule has 4 heteroatoms. The minimum atomic E-state index is -0.406. The van der Waals surface area contributed by atoms with Gasteiger partial charge in [0.05, 0.1) is 0 Å². The molecule has 1 N–H and O–H groups in total. The van der Waals surface area contributed by atoms with Crippen molar-refractivity contribution in [1.82, 2.24) is 0 Å². The molecule has 0 aromatic heterocycles. The molecule has 25 heavy (non-hydrogen) atoms. The number of ketones is 3. The lowest BCUT2D eigenvalue weighted by Crippen LogP contribution is -2.57. The van der Waals surface area contributed by atoms with E-state index in [1.165, 1.54) is 0 Å². The zero-order chi connectivity index (χ0) is 18.0. The molecule has 7 atom stereocenters. The summed E-state index contributed by atoms with van der Waals surface area (Å²) in [5, 5.41) is 9.35. The first-order valence-corrected chi connectivity index (χ1v) is 9.99. The number of aliphatic hydroxyl groups is 1. The Labute approximate surface area is 149 Å². The first-order valence-electron chi connectivity index (χ1n) is 9.99. The van der Waals surface area contributed by atoms with Crippen LogP contribution in [0.15, 0.2) is 0 Å². The van der Waals surface area contributed by atoms with E-state index < -0.39 is 6.61 Å². The maximum absolute atomic E-state index is 13.3. The van der Waals surface area contributed by atoms with Crippen LogP contribution in [0.5, 0.6) is 0 Å². The highest BCUT2D eigenvalue weighted by atomic mass is 16.3. The van der Waals surface area contributed by atoms with E-state index in [0.717, 1.165) is 32.1 Å². The van der Waals surface area contributed by atoms with Gasteiger partial charge in [-0.1, -0.05) is 13.8 Å². The highest BCUT2D eigenvalue weighted by molar-refractivity contribution is 5.88. The molecule has 0 aromatic rings. The molecule has 0 aromatic carbocycles. The molecule has 4 saturated carbocycles. The molecule has 4 aliphatic carbocycles. The number of aliphatic hydroxyl groups excluding tert-OH is 1. The summed E-state index contributed by atoms with van der Waals surface area (Å²) in [6.07, 6.45) is 6.48. The molecule has 0 amide bonds. The van der Waals surface area contributed by atoms with Crippen LogP contribution in [0.4, 0.5) is 0 Å². The number of fused-ring (bicyclic) bond motifs is 5. The van der Waals surface area contributed by atoms with Gasteiger partial charge in [0.1, 0.15) is 18.2 Å². The van der Waals surface area contributed by atoms with E-state index in [4.69, 9.17) is 0 Å². The number of hydrogen-bond acceptors (Lipinski definition) is 4.